The number of nitrogens with one attached hydrogen (secondary N) is 1. The molecule has 22 heavy (non-hydrogen) atoms. The van der Waals surface area contributed by atoms with Gasteiger partial charge in [-0.1, -0.05) is 29.4 Å². The predicted molar refractivity (Wildman–Crippen MR) is 87.3 cm³/mol. The molecule has 2 aromatic rings. The van der Waals surface area contributed by atoms with E-state index < -0.39 is 0 Å². The fraction of sp³-hybridized carbons (Fsp3) is 0.267. The molecule has 7 heteroatoms. The van der Waals surface area contributed by atoms with Crippen molar-refractivity contribution < 1.29 is 9.53 Å². The minimum atomic E-state index is -0.270. The second kappa shape index (κ2) is 8.60. The van der Waals surface area contributed by atoms with Crippen LogP contribution in [0.15, 0.2) is 47.9 Å². The second-order valence-electron chi connectivity index (χ2n) is 4.39. The van der Waals surface area contributed by atoms with Crippen LogP contribution in [0.5, 0.6) is 5.75 Å². The SMILES string of the molecule is CC(Sc1ncccn1)C(=O)NCCOc1cccc(Cl)c1. The number of halogens is 1. The van der Waals surface area contributed by atoms with Crippen molar-refractivity contribution in [2.45, 2.75) is 17.3 Å². The molecule has 1 unspecified atom stereocenters. The fourth-order valence-electron chi connectivity index (χ4n) is 1.60. The molecule has 0 radical (unpaired) electrons. The number of hydrogen-bond donors (Lipinski definition) is 1. The van der Waals surface area contributed by atoms with Crippen molar-refractivity contribution in [1.82, 2.24) is 15.3 Å². The standard InChI is InChI=1S/C15H16ClN3O2S/c1-11(22-15-18-6-3-7-19-15)14(20)17-8-9-21-13-5-2-4-12(16)10-13/h2-7,10-11H,8-9H2,1H3,(H,17,20). The number of rotatable bonds is 7. The molecule has 0 aliphatic carbocycles. The molecule has 1 N–H and O–H groups in total. The molecule has 0 spiro atoms. The van der Waals surface area contributed by atoms with Crippen molar-refractivity contribution >= 4 is 29.3 Å². The highest BCUT2D eigenvalue weighted by molar-refractivity contribution is 8.00. The van der Waals surface area contributed by atoms with E-state index in [1.807, 2.05) is 19.1 Å². The number of thioether (sulfide) groups is 1. The van der Waals surface area contributed by atoms with Gasteiger partial charge in [-0.05, 0) is 31.2 Å². The lowest BCUT2D eigenvalue weighted by Crippen LogP contribution is -2.34. The van der Waals surface area contributed by atoms with Crippen LogP contribution in [0.3, 0.4) is 0 Å². The molecule has 1 aromatic carbocycles. The Balaban J connectivity index is 1.69. The quantitative estimate of drug-likeness (QED) is 0.478. The maximum atomic E-state index is 11.9. The molecule has 0 saturated carbocycles. The lowest BCUT2D eigenvalue weighted by atomic mass is 10.3. The van der Waals surface area contributed by atoms with E-state index >= 15 is 0 Å². The molecule has 0 saturated heterocycles. The molecule has 116 valence electrons. The first-order valence-corrected chi connectivity index (χ1v) is 8.00. The summed E-state index contributed by atoms with van der Waals surface area (Å²) in [5.74, 6) is 0.606. The van der Waals surface area contributed by atoms with E-state index in [0.29, 0.717) is 29.1 Å². The van der Waals surface area contributed by atoms with Gasteiger partial charge in [-0.25, -0.2) is 9.97 Å². The number of carbonyl (C=O) groups excluding carboxylic acids is 1. The van der Waals surface area contributed by atoms with E-state index in [2.05, 4.69) is 15.3 Å². The van der Waals surface area contributed by atoms with E-state index in [1.54, 1.807) is 30.6 Å². The maximum absolute atomic E-state index is 11.9. The van der Waals surface area contributed by atoms with Crippen LogP contribution in [0, 0.1) is 0 Å². The average molecular weight is 338 g/mol. The van der Waals surface area contributed by atoms with Crippen molar-refractivity contribution in [1.29, 1.82) is 0 Å². The van der Waals surface area contributed by atoms with Gasteiger partial charge in [0.25, 0.3) is 0 Å². The van der Waals surface area contributed by atoms with Gasteiger partial charge in [-0.15, -0.1) is 0 Å². The fourth-order valence-corrected chi connectivity index (χ4v) is 2.53. The van der Waals surface area contributed by atoms with Crippen LogP contribution in [0.1, 0.15) is 6.92 Å². The van der Waals surface area contributed by atoms with Crippen LogP contribution < -0.4 is 10.1 Å². The van der Waals surface area contributed by atoms with E-state index in [0.717, 1.165) is 0 Å². The van der Waals surface area contributed by atoms with Gasteiger partial charge in [-0.2, -0.15) is 0 Å². The number of hydrogen-bond acceptors (Lipinski definition) is 5. The zero-order valence-corrected chi connectivity index (χ0v) is 13.6. The Hall–Kier alpha value is -1.79. The number of ether oxygens (including phenoxy) is 1. The Kier molecular flexibility index (Phi) is 6.48. The van der Waals surface area contributed by atoms with Gasteiger partial charge in [0, 0.05) is 17.4 Å². The molecular weight excluding hydrogens is 322 g/mol. The number of nitrogens with zero attached hydrogens (tertiary/aromatic N) is 2. The lowest BCUT2D eigenvalue weighted by Gasteiger charge is -2.11. The first kappa shape index (κ1) is 16.6. The van der Waals surface area contributed by atoms with E-state index in [1.165, 1.54) is 11.8 Å². The van der Waals surface area contributed by atoms with Gasteiger partial charge in [0.05, 0.1) is 11.8 Å². The van der Waals surface area contributed by atoms with Gasteiger partial charge in [0.1, 0.15) is 12.4 Å². The monoisotopic (exact) mass is 337 g/mol. The van der Waals surface area contributed by atoms with Gasteiger partial charge < -0.3 is 10.1 Å². The Labute approximate surface area is 138 Å². The topological polar surface area (TPSA) is 64.1 Å². The second-order valence-corrected chi connectivity index (χ2v) is 6.13. The first-order chi connectivity index (χ1) is 10.6. The molecule has 1 amide bonds. The molecule has 1 aromatic heterocycles. The average Bonchev–Trinajstić information content (AvgIpc) is 2.52. The summed E-state index contributed by atoms with van der Waals surface area (Å²) in [5, 5.41) is 3.75. The van der Waals surface area contributed by atoms with Gasteiger partial charge >= 0.3 is 0 Å². The molecule has 0 aliphatic rings. The first-order valence-electron chi connectivity index (χ1n) is 6.75. The third-order valence-corrected chi connectivity index (χ3v) is 3.88. The molecule has 5 nitrogen and oxygen atoms in total. The number of aromatic nitrogens is 2. The minimum absolute atomic E-state index is 0.0767. The predicted octanol–water partition coefficient (Wildman–Crippen LogP) is 2.81. The zero-order valence-electron chi connectivity index (χ0n) is 12.0. The summed E-state index contributed by atoms with van der Waals surface area (Å²) in [4.78, 5) is 20.1. The summed E-state index contributed by atoms with van der Waals surface area (Å²) in [6.45, 7) is 2.62. The molecule has 0 aliphatic heterocycles. The van der Waals surface area contributed by atoms with E-state index in [4.69, 9.17) is 16.3 Å². The lowest BCUT2D eigenvalue weighted by molar-refractivity contribution is -0.120. The van der Waals surface area contributed by atoms with Crippen molar-refractivity contribution in [2.24, 2.45) is 0 Å². The van der Waals surface area contributed by atoms with Crippen LogP contribution in [-0.4, -0.2) is 34.3 Å². The molecule has 2 rings (SSSR count). The summed E-state index contributed by atoms with van der Waals surface area (Å²) in [6, 6.07) is 8.88. The van der Waals surface area contributed by atoms with Crippen molar-refractivity contribution in [3.05, 3.63) is 47.7 Å². The van der Waals surface area contributed by atoms with Crippen LogP contribution in [-0.2, 0) is 4.79 Å². The van der Waals surface area contributed by atoms with E-state index in [-0.39, 0.29) is 11.2 Å². The summed E-state index contributed by atoms with van der Waals surface area (Å²) in [7, 11) is 0. The highest BCUT2D eigenvalue weighted by Crippen LogP contribution is 2.18. The van der Waals surface area contributed by atoms with Crippen LogP contribution in [0.4, 0.5) is 0 Å². The number of benzene rings is 1. The molecule has 1 heterocycles. The molecule has 1 atom stereocenters. The van der Waals surface area contributed by atoms with Gasteiger partial charge in [-0.3, -0.25) is 4.79 Å². The maximum Gasteiger partial charge on any atom is 0.233 e. The summed E-state index contributed by atoms with van der Waals surface area (Å²) in [6.07, 6.45) is 3.30. The van der Waals surface area contributed by atoms with Gasteiger partial charge in [0.15, 0.2) is 5.16 Å². The van der Waals surface area contributed by atoms with Crippen molar-refractivity contribution in [3.8, 4) is 5.75 Å². The summed E-state index contributed by atoms with van der Waals surface area (Å²) >= 11 is 7.18. The largest absolute Gasteiger partial charge is 0.492 e. The third-order valence-electron chi connectivity index (χ3n) is 2.66. The van der Waals surface area contributed by atoms with E-state index in [9.17, 15) is 4.79 Å². The van der Waals surface area contributed by atoms with Crippen LogP contribution >= 0.6 is 23.4 Å². The number of carbonyl (C=O) groups is 1. The normalized spacial score (nSPS) is 11.7. The summed E-state index contributed by atoms with van der Waals surface area (Å²) < 4.78 is 5.50. The smallest absolute Gasteiger partial charge is 0.233 e. The van der Waals surface area contributed by atoms with Gasteiger partial charge in [0.2, 0.25) is 5.91 Å². The Morgan fingerprint density at radius 2 is 2.14 bits per heavy atom. The zero-order chi connectivity index (χ0) is 15.8. The minimum Gasteiger partial charge on any atom is -0.492 e. The molecular formula is C15H16ClN3O2S. The molecule has 0 fully saturated rings. The molecule has 0 bridgehead atoms. The van der Waals surface area contributed by atoms with Crippen molar-refractivity contribution in [3.63, 3.8) is 0 Å². The third kappa shape index (κ3) is 5.54. The highest BCUT2D eigenvalue weighted by Gasteiger charge is 2.15. The number of amides is 1. The highest BCUT2D eigenvalue weighted by atomic mass is 35.5. The Morgan fingerprint density at radius 3 is 2.86 bits per heavy atom. The Morgan fingerprint density at radius 1 is 1.36 bits per heavy atom. The Bertz CT molecular complexity index is 613. The summed E-state index contributed by atoms with van der Waals surface area (Å²) in [5.41, 5.74) is 0. The van der Waals surface area contributed by atoms with Crippen LogP contribution in [0.25, 0.3) is 0 Å². The van der Waals surface area contributed by atoms with Crippen molar-refractivity contribution in [2.75, 3.05) is 13.2 Å². The van der Waals surface area contributed by atoms with Crippen LogP contribution in [0.2, 0.25) is 5.02 Å².